The van der Waals surface area contributed by atoms with Gasteiger partial charge in [0, 0.05) is 18.6 Å². The average molecular weight is 268 g/mol. The normalized spacial score (nSPS) is 14.2. The number of benzene rings is 1. The molecule has 4 heteroatoms. The quantitative estimate of drug-likeness (QED) is 0.760. The second-order valence-electron chi connectivity index (χ2n) is 5.03. The summed E-state index contributed by atoms with van der Waals surface area (Å²) in [4.78, 5) is 2.00. The van der Waals surface area contributed by atoms with E-state index in [1.54, 1.807) is 12.1 Å². The molecule has 0 fully saturated rings. The van der Waals surface area contributed by atoms with E-state index in [1.807, 2.05) is 31.7 Å². The van der Waals surface area contributed by atoms with E-state index in [0.29, 0.717) is 12.2 Å². The van der Waals surface area contributed by atoms with Crippen LogP contribution in [0.3, 0.4) is 0 Å². The summed E-state index contributed by atoms with van der Waals surface area (Å²) < 4.78 is 13.8. The standard InChI is InChI=1S/C15H25FN2O/c1-4-17-15(3,12-19)10-11-18(5-2)14-9-7-6-8-13(14)16/h6-9,17,19H,4-5,10-12H2,1-3H3. The van der Waals surface area contributed by atoms with Gasteiger partial charge in [0.15, 0.2) is 0 Å². The summed E-state index contributed by atoms with van der Waals surface area (Å²) in [6.07, 6.45) is 0.763. The van der Waals surface area contributed by atoms with Crippen molar-refractivity contribution in [3.8, 4) is 0 Å². The molecule has 1 unspecified atom stereocenters. The minimum absolute atomic E-state index is 0.0790. The molecule has 0 amide bonds. The summed E-state index contributed by atoms with van der Waals surface area (Å²) in [5.74, 6) is -0.196. The molecular weight excluding hydrogens is 243 g/mol. The summed E-state index contributed by atoms with van der Waals surface area (Å²) in [5, 5.41) is 12.8. The molecule has 0 heterocycles. The molecule has 3 nitrogen and oxygen atoms in total. The van der Waals surface area contributed by atoms with Crippen molar-refractivity contribution in [3.63, 3.8) is 0 Å². The Labute approximate surface area is 115 Å². The van der Waals surface area contributed by atoms with Crippen LogP contribution in [0.4, 0.5) is 10.1 Å². The van der Waals surface area contributed by atoms with Crippen LogP contribution in [0.25, 0.3) is 0 Å². The van der Waals surface area contributed by atoms with E-state index in [-0.39, 0.29) is 18.0 Å². The van der Waals surface area contributed by atoms with Crippen LogP contribution in [-0.2, 0) is 0 Å². The maximum atomic E-state index is 13.8. The zero-order valence-electron chi connectivity index (χ0n) is 12.1. The van der Waals surface area contributed by atoms with Gasteiger partial charge in [-0.05, 0) is 38.9 Å². The third-order valence-electron chi connectivity index (χ3n) is 3.46. The number of nitrogens with zero attached hydrogens (tertiary/aromatic N) is 1. The van der Waals surface area contributed by atoms with Crippen molar-refractivity contribution >= 4 is 5.69 Å². The van der Waals surface area contributed by atoms with E-state index in [2.05, 4.69) is 5.32 Å². The molecule has 0 bridgehead atoms. The molecule has 0 aliphatic heterocycles. The lowest BCUT2D eigenvalue weighted by molar-refractivity contribution is 0.169. The SMILES string of the molecule is CCNC(C)(CO)CCN(CC)c1ccccc1F. The smallest absolute Gasteiger partial charge is 0.146 e. The van der Waals surface area contributed by atoms with Crippen molar-refractivity contribution in [1.82, 2.24) is 5.32 Å². The van der Waals surface area contributed by atoms with Crippen LogP contribution in [0, 0.1) is 5.82 Å². The Morgan fingerprint density at radius 1 is 1.32 bits per heavy atom. The molecule has 1 aromatic carbocycles. The van der Waals surface area contributed by atoms with Crippen molar-refractivity contribution in [2.24, 2.45) is 0 Å². The number of aliphatic hydroxyl groups is 1. The molecule has 2 N–H and O–H groups in total. The summed E-state index contributed by atoms with van der Waals surface area (Å²) in [5.41, 5.74) is 0.315. The molecule has 0 saturated heterocycles. The molecule has 0 aliphatic carbocycles. The number of para-hydroxylation sites is 1. The highest BCUT2D eigenvalue weighted by molar-refractivity contribution is 5.47. The van der Waals surface area contributed by atoms with Crippen molar-refractivity contribution in [1.29, 1.82) is 0 Å². The van der Waals surface area contributed by atoms with Gasteiger partial charge in [0.2, 0.25) is 0 Å². The maximum absolute atomic E-state index is 13.8. The summed E-state index contributed by atoms with van der Waals surface area (Å²) in [6, 6.07) is 6.82. The monoisotopic (exact) mass is 268 g/mol. The van der Waals surface area contributed by atoms with Gasteiger partial charge in [-0.25, -0.2) is 4.39 Å². The Kier molecular flexibility index (Phi) is 6.25. The fourth-order valence-corrected chi connectivity index (χ4v) is 2.19. The summed E-state index contributed by atoms with van der Waals surface area (Å²) >= 11 is 0. The van der Waals surface area contributed by atoms with Crippen molar-refractivity contribution in [2.45, 2.75) is 32.7 Å². The van der Waals surface area contributed by atoms with Crippen LogP contribution < -0.4 is 10.2 Å². The third-order valence-corrected chi connectivity index (χ3v) is 3.46. The maximum Gasteiger partial charge on any atom is 0.146 e. The van der Waals surface area contributed by atoms with Crippen LogP contribution in [0.2, 0.25) is 0 Å². The Hall–Kier alpha value is -1.13. The highest BCUT2D eigenvalue weighted by Gasteiger charge is 2.23. The van der Waals surface area contributed by atoms with Gasteiger partial charge in [0.05, 0.1) is 12.3 Å². The van der Waals surface area contributed by atoms with Crippen molar-refractivity contribution < 1.29 is 9.50 Å². The number of halogens is 1. The zero-order valence-corrected chi connectivity index (χ0v) is 12.1. The third kappa shape index (κ3) is 4.48. The van der Waals surface area contributed by atoms with E-state index in [9.17, 15) is 9.50 Å². The fourth-order valence-electron chi connectivity index (χ4n) is 2.19. The number of likely N-dealkylation sites (N-methyl/N-ethyl adjacent to an activating group) is 1. The number of anilines is 1. The summed E-state index contributed by atoms with van der Waals surface area (Å²) in [6.45, 7) is 8.36. The number of rotatable bonds is 8. The van der Waals surface area contributed by atoms with Crippen LogP contribution in [0.1, 0.15) is 27.2 Å². The highest BCUT2D eigenvalue weighted by Crippen LogP contribution is 2.20. The molecule has 1 aromatic rings. The van der Waals surface area contributed by atoms with Gasteiger partial charge in [0.25, 0.3) is 0 Å². The zero-order chi connectivity index (χ0) is 14.3. The Bertz CT molecular complexity index is 386. The predicted molar refractivity (Wildman–Crippen MR) is 78.1 cm³/mol. The van der Waals surface area contributed by atoms with Gasteiger partial charge < -0.3 is 15.3 Å². The van der Waals surface area contributed by atoms with E-state index in [4.69, 9.17) is 0 Å². The largest absolute Gasteiger partial charge is 0.394 e. The van der Waals surface area contributed by atoms with Crippen LogP contribution >= 0.6 is 0 Å². The van der Waals surface area contributed by atoms with Crippen LogP contribution in [-0.4, -0.2) is 36.9 Å². The lowest BCUT2D eigenvalue weighted by atomic mass is 9.98. The van der Waals surface area contributed by atoms with Crippen molar-refractivity contribution in [2.75, 3.05) is 31.1 Å². The predicted octanol–water partition coefficient (Wildman–Crippen LogP) is 2.40. The van der Waals surface area contributed by atoms with Crippen LogP contribution in [0.15, 0.2) is 24.3 Å². The molecule has 108 valence electrons. The van der Waals surface area contributed by atoms with E-state index in [1.165, 1.54) is 6.07 Å². The first-order chi connectivity index (χ1) is 9.06. The average Bonchev–Trinajstić information content (AvgIpc) is 2.41. The Morgan fingerprint density at radius 2 is 2.00 bits per heavy atom. The van der Waals surface area contributed by atoms with E-state index < -0.39 is 0 Å². The number of hydrogen-bond acceptors (Lipinski definition) is 3. The number of hydrogen-bond donors (Lipinski definition) is 2. The first kappa shape index (κ1) is 15.9. The van der Waals surface area contributed by atoms with E-state index in [0.717, 1.165) is 19.5 Å². The van der Waals surface area contributed by atoms with Gasteiger partial charge in [-0.15, -0.1) is 0 Å². The Balaban J connectivity index is 2.70. The molecule has 0 aromatic heterocycles. The number of aliphatic hydroxyl groups excluding tert-OH is 1. The summed E-state index contributed by atoms with van der Waals surface area (Å²) in [7, 11) is 0. The van der Waals surface area contributed by atoms with Gasteiger partial charge in [0.1, 0.15) is 5.82 Å². The fraction of sp³-hybridized carbons (Fsp3) is 0.600. The first-order valence-corrected chi connectivity index (χ1v) is 6.91. The van der Waals surface area contributed by atoms with Gasteiger partial charge in [-0.2, -0.15) is 0 Å². The molecular formula is C15H25FN2O. The second-order valence-corrected chi connectivity index (χ2v) is 5.03. The van der Waals surface area contributed by atoms with Crippen LogP contribution in [0.5, 0.6) is 0 Å². The van der Waals surface area contributed by atoms with Gasteiger partial charge in [-0.1, -0.05) is 19.1 Å². The highest BCUT2D eigenvalue weighted by atomic mass is 19.1. The van der Waals surface area contributed by atoms with Gasteiger partial charge >= 0.3 is 0 Å². The topological polar surface area (TPSA) is 35.5 Å². The molecule has 0 spiro atoms. The minimum atomic E-state index is -0.312. The lowest BCUT2D eigenvalue weighted by Gasteiger charge is -2.32. The molecule has 0 aliphatic rings. The van der Waals surface area contributed by atoms with Gasteiger partial charge in [-0.3, -0.25) is 0 Å². The molecule has 0 radical (unpaired) electrons. The molecule has 19 heavy (non-hydrogen) atoms. The second kappa shape index (κ2) is 7.46. The lowest BCUT2D eigenvalue weighted by Crippen LogP contribution is -2.48. The molecule has 1 rings (SSSR count). The van der Waals surface area contributed by atoms with E-state index >= 15 is 0 Å². The Morgan fingerprint density at radius 3 is 2.53 bits per heavy atom. The number of nitrogens with one attached hydrogen (secondary N) is 1. The minimum Gasteiger partial charge on any atom is -0.394 e. The molecule has 0 saturated carbocycles. The molecule has 1 atom stereocenters. The van der Waals surface area contributed by atoms with Crippen molar-refractivity contribution in [3.05, 3.63) is 30.1 Å². The first-order valence-electron chi connectivity index (χ1n) is 6.91.